The Bertz CT molecular complexity index is 821. The van der Waals surface area contributed by atoms with Crippen LogP contribution >= 0.6 is 0 Å². The number of ether oxygens (including phenoxy) is 1. The summed E-state index contributed by atoms with van der Waals surface area (Å²) in [6.45, 7) is 5.38. The van der Waals surface area contributed by atoms with Crippen LogP contribution in [0.2, 0.25) is 0 Å². The van der Waals surface area contributed by atoms with E-state index in [2.05, 4.69) is 39.1 Å². The van der Waals surface area contributed by atoms with Gasteiger partial charge in [0.05, 0.1) is 13.2 Å². The highest BCUT2D eigenvalue weighted by molar-refractivity contribution is 5.80. The molecule has 2 aromatic carbocycles. The summed E-state index contributed by atoms with van der Waals surface area (Å²) in [6, 6.07) is 16.3. The summed E-state index contributed by atoms with van der Waals surface area (Å²) in [6.07, 6.45) is 2.27. The standard InChI is InChI=1S/C23H30N4O2/c1-2-24-23(25-13-10-18-8-9-21-20(16-18)12-15-29-21)26-14-11-22(28)27-17-19-6-4-3-5-7-19/h3-9,16H,2,10-15,17H2,1H3,(H,27,28)(H2,24,25,26). The predicted molar refractivity (Wildman–Crippen MR) is 116 cm³/mol. The van der Waals surface area contributed by atoms with Gasteiger partial charge in [0.15, 0.2) is 5.96 Å². The van der Waals surface area contributed by atoms with Gasteiger partial charge < -0.3 is 20.7 Å². The number of guanidine groups is 1. The highest BCUT2D eigenvalue weighted by Crippen LogP contribution is 2.25. The minimum Gasteiger partial charge on any atom is -0.493 e. The Morgan fingerprint density at radius 3 is 2.76 bits per heavy atom. The van der Waals surface area contributed by atoms with Crippen LogP contribution in [-0.4, -0.2) is 38.1 Å². The SMILES string of the molecule is CCNC(=NCCC(=O)NCc1ccccc1)NCCc1ccc2c(c1)CCO2. The van der Waals surface area contributed by atoms with Gasteiger partial charge in [-0.1, -0.05) is 42.5 Å². The molecule has 1 aliphatic rings. The lowest BCUT2D eigenvalue weighted by molar-refractivity contribution is -0.121. The molecule has 0 aromatic heterocycles. The van der Waals surface area contributed by atoms with Crippen LogP contribution in [-0.2, 0) is 24.2 Å². The summed E-state index contributed by atoms with van der Waals surface area (Å²) in [4.78, 5) is 16.5. The summed E-state index contributed by atoms with van der Waals surface area (Å²) in [5.74, 6) is 1.77. The zero-order valence-electron chi connectivity index (χ0n) is 17.0. The molecule has 154 valence electrons. The molecule has 0 saturated heterocycles. The van der Waals surface area contributed by atoms with E-state index in [1.807, 2.05) is 37.3 Å². The first-order valence-corrected chi connectivity index (χ1v) is 10.3. The van der Waals surface area contributed by atoms with Gasteiger partial charge in [0.1, 0.15) is 5.75 Å². The molecule has 0 spiro atoms. The monoisotopic (exact) mass is 394 g/mol. The van der Waals surface area contributed by atoms with Gasteiger partial charge in [-0.15, -0.1) is 0 Å². The Balaban J connectivity index is 1.39. The number of aliphatic imine (C=N–C) groups is 1. The van der Waals surface area contributed by atoms with Crippen LogP contribution in [0, 0.1) is 0 Å². The Kier molecular flexibility index (Phi) is 7.92. The van der Waals surface area contributed by atoms with Crippen molar-refractivity contribution in [2.75, 3.05) is 26.2 Å². The van der Waals surface area contributed by atoms with Crippen LogP contribution < -0.4 is 20.7 Å². The molecule has 1 amide bonds. The second kappa shape index (κ2) is 11.1. The molecule has 0 fully saturated rings. The van der Waals surface area contributed by atoms with E-state index >= 15 is 0 Å². The molecule has 2 aromatic rings. The van der Waals surface area contributed by atoms with Gasteiger partial charge in [0, 0.05) is 32.5 Å². The first-order chi connectivity index (χ1) is 14.2. The number of fused-ring (bicyclic) bond motifs is 1. The summed E-state index contributed by atoms with van der Waals surface area (Å²) in [7, 11) is 0. The molecule has 29 heavy (non-hydrogen) atoms. The van der Waals surface area contributed by atoms with Crippen molar-refractivity contribution in [3.8, 4) is 5.75 Å². The van der Waals surface area contributed by atoms with Gasteiger partial charge >= 0.3 is 0 Å². The van der Waals surface area contributed by atoms with E-state index in [0.29, 0.717) is 19.5 Å². The van der Waals surface area contributed by atoms with Gasteiger partial charge in [-0.3, -0.25) is 9.79 Å². The van der Waals surface area contributed by atoms with Crippen LogP contribution in [0.15, 0.2) is 53.5 Å². The third-order valence-corrected chi connectivity index (χ3v) is 4.75. The molecular formula is C23H30N4O2. The second-order valence-corrected chi connectivity index (χ2v) is 6.99. The Morgan fingerprint density at radius 1 is 1.07 bits per heavy atom. The Hall–Kier alpha value is -3.02. The summed E-state index contributed by atoms with van der Waals surface area (Å²) < 4.78 is 5.56. The fraction of sp³-hybridized carbons (Fsp3) is 0.391. The molecule has 1 heterocycles. The molecular weight excluding hydrogens is 364 g/mol. The average molecular weight is 395 g/mol. The van der Waals surface area contributed by atoms with E-state index in [1.54, 1.807) is 0 Å². The fourth-order valence-corrected chi connectivity index (χ4v) is 3.22. The number of benzene rings is 2. The predicted octanol–water partition coefficient (Wildman–Crippen LogP) is 2.43. The zero-order chi connectivity index (χ0) is 20.3. The largest absolute Gasteiger partial charge is 0.493 e. The average Bonchev–Trinajstić information content (AvgIpc) is 3.21. The summed E-state index contributed by atoms with van der Waals surface area (Å²) in [5, 5.41) is 9.50. The highest BCUT2D eigenvalue weighted by atomic mass is 16.5. The van der Waals surface area contributed by atoms with E-state index in [4.69, 9.17) is 4.74 Å². The topological polar surface area (TPSA) is 74.8 Å². The lowest BCUT2D eigenvalue weighted by atomic mass is 10.1. The molecule has 0 saturated carbocycles. The number of carbonyl (C=O) groups is 1. The van der Waals surface area contributed by atoms with Crippen LogP contribution in [0.4, 0.5) is 0 Å². The van der Waals surface area contributed by atoms with Crippen LogP contribution in [0.5, 0.6) is 5.75 Å². The molecule has 3 N–H and O–H groups in total. The number of amides is 1. The minimum absolute atomic E-state index is 0.00816. The lowest BCUT2D eigenvalue weighted by Gasteiger charge is -2.12. The third kappa shape index (κ3) is 6.82. The number of hydrogen-bond acceptors (Lipinski definition) is 3. The molecule has 0 aliphatic carbocycles. The first-order valence-electron chi connectivity index (χ1n) is 10.3. The number of hydrogen-bond donors (Lipinski definition) is 3. The van der Waals surface area contributed by atoms with E-state index in [9.17, 15) is 4.79 Å². The van der Waals surface area contributed by atoms with E-state index in [0.717, 1.165) is 49.8 Å². The van der Waals surface area contributed by atoms with Crippen LogP contribution in [0.1, 0.15) is 30.0 Å². The molecule has 6 heteroatoms. The van der Waals surface area contributed by atoms with Gasteiger partial charge in [-0.05, 0) is 36.1 Å². The van der Waals surface area contributed by atoms with Crippen LogP contribution in [0.25, 0.3) is 0 Å². The zero-order valence-corrected chi connectivity index (χ0v) is 17.0. The lowest BCUT2D eigenvalue weighted by Crippen LogP contribution is -2.38. The maximum atomic E-state index is 12.0. The van der Waals surface area contributed by atoms with Gasteiger partial charge in [0.25, 0.3) is 0 Å². The second-order valence-electron chi connectivity index (χ2n) is 6.99. The van der Waals surface area contributed by atoms with E-state index in [1.165, 1.54) is 11.1 Å². The number of nitrogens with one attached hydrogen (secondary N) is 3. The molecule has 1 aliphatic heterocycles. The molecule has 6 nitrogen and oxygen atoms in total. The summed E-state index contributed by atoms with van der Waals surface area (Å²) >= 11 is 0. The molecule has 0 bridgehead atoms. The number of rotatable bonds is 9. The van der Waals surface area contributed by atoms with Crippen molar-refractivity contribution in [3.63, 3.8) is 0 Å². The maximum Gasteiger partial charge on any atom is 0.222 e. The normalized spacial score (nSPS) is 12.8. The molecule has 0 radical (unpaired) electrons. The third-order valence-electron chi connectivity index (χ3n) is 4.75. The van der Waals surface area contributed by atoms with Crippen molar-refractivity contribution in [1.29, 1.82) is 0 Å². The highest BCUT2D eigenvalue weighted by Gasteiger charge is 2.11. The van der Waals surface area contributed by atoms with E-state index in [-0.39, 0.29) is 5.91 Å². The van der Waals surface area contributed by atoms with Crippen molar-refractivity contribution in [2.24, 2.45) is 4.99 Å². The van der Waals surface area contributed by atoms with Crippen molar-refractivity contribution in [1.82, 2.24) is 16.0 Å². The van der Waals surface area contributed by atoms with Gasteiger partial charge in [-0.25, -0.2) is 0 Å². The van der Waals surface area contributed by atoms with Gasteiger partial charge in [0.2, 0.25) is 5.91 Å². The van der Waals surface area contributed by atoms with E-state index < -0.39 is 0 Å². The minimum atomic E-state index is 0.00816. The van der Waals surface area contributed by atoms with Crippen molar-refractivity contribution < 1.29 is 9.53 Å². The summed E-state index contributed by atoms with van der Waals surface area (Å²) in [5.41, 5.74) is 3.68. The Labute approximate surface area is 172 Å². The number of carbonyl (C=O) groups excluding carboxylic acids is 1. The van der Waals surface area contributed by atoms with Crippen molar-refractivity contribution in [3.05, 3.63) is 65.2 Å². The maximum absolute atomic E-state index is 12.0. The van der Waals surface area contributed by atoms with Crippen molar-refractivity contribution in [2.45, 2.75) is 32.7 Å². The van der Waals surface area contributed by atoms with Crippen molar-refractivity contribution >= 4 is 11.9 Å². The smallest absolute Gasteiger partial charge is 0.222 e. The van der Waals surface area contributed by atoms with Gasteiger partial charge in [-0.2, -0.15) is 0 Å². The van der Waals surface area contributed by atoms with Crippen LogP contribution in [0.3, 0.4) is 0 Å². The fourth-order valence-electron chi connectivity index (χ4n) is 3.22. The first kappa shape index (κ1) is 20.7. The number of nitrogens with zero attached hydrogens (tertiary/aromatic N) is 1. The quantitative estimate of drug-likeness (QED) is 0.451. The molecule has 3 rings (SSSR count). The molecule has 0 unspecified atom stereocenters. The molecule has 0 atom stereocenters. The Morgan fingerprint density at radius 2 is 1.93 bits per heavy atom.